The lowest BCUT2D eigenvalue weighted by molar-refractivity contribution is 0.579. The summed E-state index contributed by atoms with van der Waals surface area (Å²) in [7, 11) is 0. The van der Waals surface area contributed by atoms with Crippen LogP contribution in [0.25, 0.3) is 0 Å². The summed E-state index contributed by atoms with van der Waals surface area (Å²) >= 11 is 0. The Morgan fingerprint density at radius 3 is 2.00 bits per heavy atom. The predicted molar refractivity (Wildman–Crippen MR) is 87.3 cm³/mol. The largest absolute Gasteiger partial charge is 0.330 e. The van der Waals surface area contributed by atoms with Crippen LogP contribution in [0.1, 0.15) is 46.6 Å². The summed E-state index contributed by atoms with van der Waals surface area (Å²) in [4.78, 5) is 0. The number of nitrogens with two attached hydrogens (primary N) is 1. The highest BCUT2D eigenvalue weighted by Gasteiger charge is 2.22. The van der Waals surface area contributed by atoms with Crippen LogP contribution in [0.3, 0.4) is 0 Å². The SMILES string of the molecule is Cc1cc(C)c(C(CN)C(C)c2ccccc2)c(C)c1. The van der Waals surface area contributed by atoms with Gasteiger partial charge in [0.05, 0.1) is 0 Å². The van der Waals surface area contributed by atoms with E-state index < -0.39 is 0 Å². The minimum absolute atomic E-state index is 0.373. The first kappa shape index (κ1) is 14.8. The molecule has 2 N–H and O–H groups in total. The molecule has 0 fully saturated rings. The number of rotatable bonds is 4. The molecule has 2 aromatic carbocycles. The van der Waals surface area contributed by atoms with Gasteiger partial charge in [0.15, 0.2) is 0 Å². The molecular formula is C19H25N. The molecule has 0 spiro atoms. The molecule has 2 atom stereocenters. The minimum Gasteiger partial charge on any atom is -0.330 e. The molecule has 20 heavy (non-hydrogen) atoms. The standard InChI is InChI=1S/C19H25N/c1-13-10-14(2)19(15(3)11-13)18(12-20)16(4)17-8-6-5-7-9-17/h5-11,16,18H,12,20H2,1-4H3. The van der Waals surface area contributed by atoms with E-state index in [1.807, 2.05) is 0 Å². The van der Waals surface area contributed by atoms with Crippen LogP contribution in [-0.4, -0.2) is 6.54 Å². The third kappa shape index (κ3) is 2.94. The van der Waals surface area contributed by atoms with E-state index in [4.69, 9.17) is 5.73 Å². The van der Waals surface area contributed by atoms with E-state index in [9.17, 15) is 0 Å². The first-order valence-electron chi connectivity index (χ1n) is 7.37. The lowest BCUT2D eigenvalue weighted by Crippen LogP contribution is -2.20. The molecule has 106 valence electrons. The van der Waals surface area contributed by atoms with Crippen molar-refractivity contribution >= 4 is 0 Å². The molecule has 0 saturated heterocycles. The van der Waals surface area contributed by atoms with Crippen molar-refractivity contribution in [1.82, 2.24) is 0 Å². The summed E-state index contributed by atoms with van der Waals surface area (Å²) in [5.74, 6) is 0.805. The molecular weight excluding hydrogens is 242 g/mol. The van der Waals surface area contributed by atoms with Gasteiger partial charge in [-0.2, -0.15) is 0 Å². The van der Waals surface area contributed by atoms with E-state index >= 15 is 0 Å². The van der Waals surface area contributed by atoms with Gasteiger partial charge in [-0.1, -0.05) is 55.0 Å². The quantitative estimate of drug-likeness (QED) is 0.869. The third-order valence-corrected chi connectivity index (χ3v) is 4.29. The Hall–Kier alpha value is -1.60. The zero-order chi connectivity index (χ0) is 14.7. The Balaban J connectivity index is 2.43. The zero-order valence-corrected chi connectivity index (χ0v) is 13.0. The molecule has 2 unspecified atom stereocenters. The molecule has 2 aromatic rings. The molecule has 0 amide bonds. The monoisotopic (exact) mass is 267 g/mol. The van der Waals surface area contributed by atoms with Gasteiger partial charge in [0.1, 0.15) is 0 Å². The van der Waals surface area contributed by atoms with Gasteiger partial charge in [-0.3, -0.25) is 0 Å². The number of hydrogen-bond donors (Lipinski definition) is 1. The molecule has 0 aliphatic heterocycles. The van der Waals surface area contributed by atoms with Gasteiger partial charge in [-0.05, 0) is 55.5 Å². The Morgan fingerprint density at radius 1 is 0.950 bits per heavy atom. The van der Waals surface area contributed by atoms with Crippen molar-refractivity contribution in [2.75, 3.05) is 6.54 Å². The number of benzene rings is 2. The first-order chi connectivity index (χ1) is 9.54. The lowest BCUT2D eigenvalue weighted by Gasteiger charge is -2.27. The molecule has 0 aliphatic rings. The van der Waals surface area contributed by atoms with Gasteiger partial charge in [0.2, 0.25) is 0 Å². The Labute approximate surface area is 122 Å². The van der Waals surface area contributed by atoms with Crippen molar-refractivity contribution in [3.05, 3.63) is 70.3 Å². The Kier molecular flexibility index (Phi) is 4.61. The average molecular weight is 267 g/mol. The maximum Gasteiger partial charge on any atom is 0.00325 e. The Bertz CT molecular complexity index is 549. The molecule has 1 heteroatoms. The van der Waals surface area contributed by atoms with Gasteiger partial charge >= 0.3 is 0 Å². The van der Waals surface area contributed by atoms with E-state index in [-0.39, 0.29) is 0 Å². The maximum absolute atomic E-state index is 6.12. The summed E-state index contributed by atoms with van der Waals surface area (Å²) in [5.41, 5.74) is 13.0. The van der Waals surface area contributed by atoms with Crippen LogP contribution in [0, 0.1) is 20.8 Å². The summed E-state index contributed by atoms with van der Waals surface area (Å²) in [6.07, 6.45) is 0. The highest BCUT2D eigenvalue weighted by molar-refractivity contribution is 5.42. The van der Waals surface area contributed by atoms with Crippen LogP contribution in [0.5, 0.6) is 0 Å². The fourth-order valence-corrected chi connectivity index (χ4v) is 3.34. The summed E-state index contributed by atoms with van der Waals surface area (Å²) in [5, 5.41) is 0. The highest BCUT2D eigenvalue weighted by atomic mass is 14.6. The average Bonchev–Trinajstić information content (AvgIpc) is 2.43. The number of hydrogen-bond acceptors (Lipinski definition) is 1. The topological polar surface area (TPSA) is 26.0 Å². The fourth-order valence-electron chi connectivity index (χ4n) is 3.34. The van der Waals surface area contributed by atoms with Crippen LogP contribution in [0.15, 0.2) is 42.5 Å². The fraction of sp³-hybridized carbons (Fsp3) is 0.368. The van der Waals surface area contributed by atoms with Gasteiger partial charge in [0, 0.05) is 5.92 Å². The normalized spacial score (nSPS) is 14.1. The van der Waals surface area contributed by atoms with E-state index in [1.54, 1.807) is 0 Å². The lowest BCUT2D eigenvalue weighted by atomic mass is 9.79. The second-order valence-electron chi connectivity index (χ2n) is 5.85. The molecule has 0 saturated carbocycles. The molecule has 2 rings (SSSR count). The van der Waals surface area contributed by atoms with Crippen molar-refractivity contribution in [3.63, 3.8) is 0 Å². The maximum atomic E-state index is 6.12. The van der Waals surface area contributed by atoms with Gasteiger partial charge in [0.25, 0.3) is 0 Å². The van der Waals surface area contributed by atoms with Crippen LogP contribution in [0.4, 0.5) is 0 Å². The van der Waals surface area contributed by atoms with Crippen molar-refractivity contribution < 1.29 is 0 Å². The zero-order valence-electron chi connectivity index (χ0n) is 13.0. The minimum atomic E-state index is 0.373. The molecule has 0 radical (unpaired) electrons. The summed E-state index contributed by atoms with van der Waals surface area (Å²) in [6, 6.07) is 15.2. The summed E-state index contributed by atoms with van der Waals surface area (Å²) < 4.78 is 0. The molecule has 1 nitrogen and oxygen atoms in total. The highest BCUT2D eigenvalue weighted by Crippen LogP contribution is 2.35. The molecule has 0 aromatic heterocycles. The van der Waals surface area contributed by atoms with Crippen molar-refractivity contribution in [2.45, 2.75) is 39.5 Å². The third-order valence-electron chi connectivity index (χ3n) is 4.29. The molecule has 0 heterocycles. The van der Waals surface area contributed by atoms with E-state index in [1.165, 1.54) is 27.8 Å². The van der Waals surface area contributed by atoms with Crippen molar-refractivity contribution in [2.24, 2.45) is 5.73 Å². The predicted octanol–water partition coefficient (Wildman–Crippen LogP) is 4.46. The van der Waals surface area contributed by atoms with Crippen LogP contribution < -0.4 is 5.73 Å². The van der Waals surface area contributed by atoms with Crippen molar-refractivity contribution in [1.29, 1.82) is 0 Å². The summed E-state index contributed by atoms with van der Waals surface area (Å²) in [6.45, 7) is 9.53. The second-order valence-corrected chi connectivity index (χ2v) is 5.85. The van der Waals surface area contributed by atoms with Crippen LogP contribution in [-0.2, 0) is 0 Å². The number of aryl methyl sites for hydroxylation is 3. The first-order valence-corrected chi connectivity index (χ1v) is 7.37. The van der Waals surface area contributed by atoms with Gasteiger partial charge in [-0.15, -0.1) is 0 Å². The van der Waals surface area contributed by atoms with Crippen molar-refractivity contribution in [3.8, 4) is 0 Å². The van der Waals surface area contributed by atoms with E-state index in [0.29, 0.717) is 18.4 Å². The van der Waals surface area contributed by atoms with E-state index in [0.717, 1.165) is 0 Å². The van der Waals surface area contributed by atoms with Gasteiger partial charge < -0.3 is 5.73 Å². The van der Waals surface area contributed by atoms with E-state index in [2.05, 4.69) is 70.2 Å². The molecule has 0 aliphatic carbocycles. The van der Waals surface area contributed by atoms with Gasteiger partial charge in [-0.25, -0.2) is 0 Å². The second kappa shape index (κ2) is 6.23. The van der Waals surface area contributed by atoms with Crippen LogP contribution in [0.2, 0.25) is 0 Å². The van der Waals surface area contributed by atoms with Crippen LogP contribution >= 0.6 is 0 Å². The molecule has 0 bridgehead atoms. The smallest absolute Gasteiger partial charge is 0.00325 e. The Morgan fingerprint density at radius 2 is 1.50 bits per heavy atom.